The van der Waals surface area contributed by atoms with Crippen molar-refractivity contribution in [3.63, 3.8) is 0 Å². The summed E-state index contributed by atoms with van der Waals surface area (Å²) in [5.41, 5.74) is 0.472. The van der Waals surface area contributed by atoms with E-state index in [4.69, 9.17) is 9.26 Å². The molecule has 1 fully saturated rings. The molecule has 0 aromatic carbocycles. The average Bonchev–Trinajstić information content (AvgIpc) is 3.21. The minimum atomic E-state index is -0.369. The molecule has 124 valence electrons. The molecular formula is C14H19N5O4. The number of amides is 1. The van der Waals surface area contributed by atoms with E-state index in [1.165, 1.54) is 0 Å². The number of aromatic nitrogens is 4. The zero-order chi connectivity index (χ0) is 16.2. The first-order valence-electron chi connectivity index (χ1n) is 7.53. The van der Waals surface area contributed by atoms with Gasteiger partial charge in [0.1, 0.15) is 11.6 Å². The third-order valence-corrected chi connectivity index (χ3v) is 3.82. The van der Waals surface area contributed by atoms with E-state index in [0.29, 0.717) is 31.9 Å². The number of H-pyrrole nitrogens is 2. The molecule has 2 atom stereocenters. The molecule has 2 aromatic heterocycles. The van der Waals surface area contributed by atoms with Crippen molar-refractivity contribution in [3.05, 3.63) is 33.8 Å². The lowest BCUT2D eigenvalue weighted by molar-refractivity contribution is -0.122. The predicted molar refractivity (Wildman–Crippen MR) is 78.7 cm³/mol. The zero-order valence-corrected chi connectivity index (χ0v) is 12.8. The predicted octanol–water partition coefficient (Wildman–Crippen LogP) is -0.299. The van der Waals surface area contributed by atoms with Gasteiger partial charge in [-0.15, -0.1) is 0 Å². The molecule has 3 heterocycles. The highest BCUT2D eigenvalue weighted by molar-refractivity contribution is 5.76. The first-order valence-corrected chi connectivity index (χ1v) is 7.53. The third-order valence-electron chi connectivity index (χ3n) is 3.82. The molecule has 9 heteroatoms. The molecule has 1 amide bonds. The van der Waals surface area contributed by atoms with E-state index in [0.717, 1.165) is 11.5 Å². The van der Waals surface area contributed by atoms with Crippen LogP contribution in [0.4, 0.5) is 0 Å². The van der Waals surface area contributed by atoms with Crippen LogP contribution < -0.4 is 11.0 Å². The largest absolute Gasteiger partial charge is 0.379 e. The summed E-state index contributed by atoms with van der Waals surface area (Å²) < 4.78 is 10.7. The summed E-state index contributed by atoms with van der Waals surface area (Å²) in [6, 6.07) is 1.84. The molecule has 0 spiro atoms. The van der Waals surface area contributed by atoms with Gasteiger partial charge in [0.2, 0.25) is 5.91 Å². The van der Waals surface area contributed by atoms with Crippen molar-refractivity contribution in [2.24, 2.45) is 5.92 Å². The van der Waals surface area contributed by atoms with Gasteiger partial charge in [-0.25, -0.2) is 9.89 Å². The Morgan fingerprint density at radius 2 is 2.35 bits per heavy atom. The Labute approximate surface area is 131 Å². The van der Waals surface area contributed by atoms with Crippen LogP contribution in [0.5, 0.6) is 0 Å². The number of hydrogen-bond acceptors (Lipinski definition) is 6. The van der Waals surface area contributed by atoms with E-state index in [9.17, 15) is 9.59 Å². The zero-order valence-electron chi connectivity index (χ0n) is 12.8. The van der Waals surface area contributed by atoms with Crippen LogP contribution in [0.25, 0.3) is 0 Å². The van der Waals surface area contributed by atoms with Gasteiger partial charge in [0.05, 0.1) is 24.9 Å². The molecule has 1 aliphatic heterocycles. The van der Waals surface area contributed by atoms with Gasteiger partial charge in [-0.05, 0) is 6.92 Å². The Hall–Kier alpha value is -2.42. The smallest absolute Gasteiger partial charge is 0.340 e. The van der Waals surface area contributed by atoms with Crippen LogP contribution in [-0.4, -0.2) is 45.5 Å². The maximum atomic E-state index is 12.0. The van der Waals surface area contributed by atoms with Crippen molar-refractivity contribution < 1.29 is 14.1 Å². The summed E-state index contributed by atoms with van der Waals surface area (Å²) in [6.07, 6.45) is 1.31. The normalized spacial score (nSPS) is 20.7. The molecule has 23 heavy (non-hydrogen) atoms. The van der Waals surface area contributed by atoms with E-state index in [-0.39, 0.29) is 30.0 Å². The fraction of sp³-hybridized carbons (Fsp3) is 0.571. The number of nitrogens with one attached hydrogen (secondary N) is 3. The third kappa shape index (κ3) is 4.07. The van der Waals surface area contributed by atoms with Crippen molar-refractivity contribution in [1.82, 2.24) is 25.7 Å². The SMILES string of the molecule is Cc1cc(C[C@@H]2COC[C@@H]2NC(=O)CCc2n[nH]c(=O)[nH]2)on1. The Balaban J connectivity index is 1.49. The quantitative estimate of drug-likeness (QED) is 0.670. The number of aromatic amines is 2. The number of rotatable bonds is 6. The summed E-state index contributed by atoms with van der Waals surface area (Å²) in [7, 11) is 0. The molecule has 3 N–H and O–H groups in total. The van der Waals surface area contributed by atoms with Gasteiger partial charge >= 0.3 is 5.69 Å². The van der Waals surface area contributed by atoms with Crippen LogP contribution in [0.3, 0.4) is 0 Å². The molecule has 2 aromatic rings. The van der Waals surface area contributed by atoms with Crippen molar-refractivity contribution >= 4 is 5.91 Å². The Morgan fingerprint density at radius 1 is 1.48 bits per heavy atom. The molecule has 0 bridgehead atoms. The van der Waals surface area contributed by atoms with E-state index in [1.54, 1.807) is 0 Å². The molecular weight excluding hydrogens is 302 g/mol. The highest BCUT2D eigenvalue weighted by atomic mass is 16.5. The topological polar surface area (TPSA) is 126 Å². The average molecular weight is 321 g/mol. The lowest BCUT2D eigenvalue weighted by atomic mass is 9.98. The summed E-state index contributed by atoms with van der Waals surface area (Å²) in [5, 5.41) is 12.9. The maximum Gasteiger partial charge on any atom is 0.340 e. The van der Waals surface area contributed by atoms with Gasteiger partial charge in [0, 0.05) is 31.2 Å². The fourth-order valence-corrected chi connectivity index (χ4v) is 2.66. The van der Waals surface area contributed by atoms with E-state index in [2.05, 4.69) is 25.7 Å². The lowest BCUT2D eigenvalue weighted by Crippen LogP contribution is -2.40. The van der Waals surface area contributed by atoms with Gasteiger partial charge in [-0.3, -0.25) is 9.78 Å². The van der Waals surface area contributed by atoms with Crippen LogP contribution in [0.1, 0.15) is 23.7 Å². The van der Waals surface area contributed by atoms with Crippen LogP contribution >= 0.6 is 0 Å². The molecule has 0 aliphatic carbocycles. The number of carbonyl (C=O) groups excluding carboxylic acids is 1. The lowest BCUT2D eigenvalue weighted by Gasteiger charge is -2.17. The Morgan fingerprint density at radius 3 is 3.04 bits per heavy atom. The van der Waals surface area contributed by atoms with Gasteiger partial charge in [-0.2, -0.15) is 5.10 Å². The van der Waals surface area contributed by atoms with Crippen LogP contribution in [-0.2, 0) is 22.4 Å². The van der Waals surface area contributed by atoms with E-state index < -0.39 is 0 Å². The van der Waals surface area contributed by atoms with Crippen molar-refractivity contribution in [3.8, 4) is 0 Å². The second-order valence-corrected chi connectivity index (χ2v) is 5.73. The molecule has 0 unspecified atom stereocenters. The monoisotopic (exact) mass is 321 g/mol. The maximum absolute atomic E-state index is 12.0. The van der Waals surface area contributed by atoms with Gasteiger partial charge in [0.15, 0.2) is 0 Å². The van der Waals surface area contributed by atoms with Crippen LogP contribution in [0.15, 0.2) is 15.4 Å². The van der Waals surface area contributed by atoms with E-state index in [1.807, 2.05) is 13.0 Å². The van der Waals surface area contributed by atoms with Crippen LogP contribution in [0, 0.1) is 12.8 Å². The standard InChI is InChI=1S/C14H19N5O4/c1-8-4-10(23-19-8)5-9-6-22-7-11(9)15-13(20)3-2-12-16-14(21)18-17-12/h4,9,11H,2-3,5-7H2,1H3,(H,15,20)(H2,16,17,18,21)/t9-,11+/m1/s1. The van der Waals surface area contributed by atoms with Crippen molar-refractivity contribution in [2.75, 3.05) is 13.2 Å². The number of ether oxygens (including phenoxy) is 1. The summed E-state index contributed by atoms with van der Waals surface area (Å²) >= 11 is 0. The Kier molecular flexibility index (Phi) is 4.56. The number of carbonyl (C=O) groups is 1. The molecule has 9 nitrogen and oxygen atoms in total. The number of nitrogens with zero attached hydrogens (tertiary/aromatic N) is 2. The molecule has 0 saturated carbocycles. The molecule has 0 radical (unpaired) electrons. The van der Waals surface area contributed by atoms with Gasteiger partial charge in [0.25, 0.3) is 0 Å². The van der Waals surface area contributed by atoms with Gasteiger partial charge < -0.3 is 14.6 Å². The fourth-order valence-electron chi connectivity index (χ4n) is 2.66. The van der Waals surface area contributed by atoms with E-state index >= 15 is 0 Å². The molecule has 1 saturated heterocycles. The summed E-state index contributed by atoms with van der Waals surface area (Å²) in [6.45, 7) is 2.94. The second kappa shape index (κ2) is 6.78. The van der Waals surface area contributed by atoms with Gasteiger partial charge in [-0.1, -0.05) is 5.16 Å². The molecule has 1 aliphatic rings. The van der Waals surface area contributed by atoms with Crippen molar-refractivity contribution in [1.29, 1.82) is 0 Å². The van der Waals surface area contributed by atoms with Crippen molar-refractivity contribution in [2.45, 2.75) is 32.2 Å². The summed E-state index contributed by atoms with van der Waals surface area (Å²) in [5.74, 6) is 1.34. The second-order valence-electron chi connectivity index (χ2n) is 5.73. The minimum absolute atomic E-state index is 0.0499. The van der Waals surface area contributed by atoms with Crippen LogP contribution in [0.2, 0.25) is 0 Å². The minimum Gasteiger partial charge on any atom is -0.379 e. The first-order chi connectivity index (χ1) is 11.1. The Bertz CT molecular complexity index is 719. The highest BCUT2D eigenvalue weighted by Crippen LogP contribution is 2.20. The molecule has 3 rings (SSSR count). The first kappa shape index (κ1) is 15.5. The number of hydrogen-bond donors (Lipinski definition) is 3. The number of aryl methyl sites for hydroxylation is 2. The summed E-state index contributed by atoms with van der Waals surface area (Å²) in [4.78, 5) is 25.5. The highest BCUT2D eigenvalue weighted by Gasteiger charge is 2.30.